The van der Waals surface area contributed by atoms with E-state index in [0.29, 0.717) is 5.92 Å². The van der Waals surface area contributed by atoms with Gasteiger partial charge in [-0.2, -0.15) is 5.10 Å². The number of nitrogens with zero attached hydrogens (tertiary/aromatic N) is 3. The zero-order valence-electron chi connectivity index (χ0n) is 10.7. The number of amides is 1. The van der Waals surface area contributed by atoms with E-state index in [1.54, 1.807) is 6.20 Å². The van der Waals surface area contributed by atoms with Gasteiger partial charge in [0.25, 0.3) is 0 Å². The van der Waals surface area contributed by atoms with Gasteiger partial charge in [-0.1, -0.05) is 6.92 Å². The van der Waals surface area contributed by atoms with E-state index in [0.717, 1.165) is 25.2 Å². The number of aromatic nitrogens is 2. The summed E-state index contributed by atoms with van der Waals surface area (Å²) in [6.07, 6.45) is 4.61. The summed E-state index contributed by atoms with van der Waals surface area (Å²) in [5.41, 5.74) is 0.799. The molecule has 5 nitrogen and oxygen atoms in total. The first-order valence-corrected chi connectivity index (χ1v) is 6.04. The number of hydrogen-bond acceptors (Lipinski definition) is 3. The Morgan fingerprint density at radius 2 is 2.35 bits per heavy atom. The fourth-order valence-electron chi connectivity index (χ4n) is 1.78. The lowest BCUT2D eigenvalue weighted by atomic mass is 10.3. The van der Waals surface area contributed by atoms with E-state index >= 15 is 0 Å². The van der Waals surface area contributed by atoms with E-state index in [4.69, 9.17) is 0 Å². The van der Waals surface area contributed by atoms with Crippen LogP contribution in [0.3, 0.4) is 0 Å². The molecule has 0 saturated heterocycles. The van der Waals surface area contributed by atoms with Crippen LogP contribution in [0.25, 0.3) is 0 Å². The topological polar surface area (TPSA) is 50.2 Å². The van der Waals surface area contributed by atoms with Crippen molar-refractivity contribution in [3.8, 4) is 0 Å². The van der Waals surface area contributed by atoms with Crippen molar-refractivity contribution < 1.29 is 4.79 Å². The molecule has 1 fully saturated rings. The summed E-state index contributed by atoms with van der Waals surface area (Å²) in [6, 6.07) is 0. The molecule has 1 aliphatic rings. The van der Waals surface area contributed by atoms with Gasteiger partial charge in [-0.05, 0) is 26.4 Å². The molecule has 0 aromatic carbocycles. The van der Waals surface area contributed by atoms with Gasteiger partial charge in [0.05, 0.1) is 18.4 Å². The minimum Gasteiger partial charge on any atom is -0.323 e. The van der Waals surface area contributed by atoms with Crippen LogP contribution in [0.15, 0.2) is 12.4 Å². The van der Waals surface area contributed by atoms with Crippen LogP contribution in [-0.2, 0) is 11.3 Å². The van der Waals surface area contributed by atoms with Gasteiger partial charge in [-0.15, -0.1) is 0 Å². The van der Waals surface area contributed by atoms with Crippen LogP contribution in [0.4, 0.5) is 5.69 Å². The number of nitrogens with one attached hydrogen (secondary N) is 1. The summed E-state index contributed by atoms with van der Waals surface area (Å²) >= 11 is 0. The van der Waals surface area contributed by atoms with Crippen LogP contribution in [0.5, 0.6) is 0 Å². The maximum atomic E-state index is 11.7. The van der Waals surface area contributed by atoms with Crippen LogP contribution in [0.1, 0.15) is 13.3 Å². The normalized spacial score (nSPS) is 22.8. The van der Waals surface area contributed by atoms with Crippen molar-refractivity contribution >= 4 is 11.6 Å². The van der Waals surface area contributed by atoms with E-state index in [2.05, 4.69) is 22.2 Å². The SMILES string of the molecule is CC1CC1C(=O)Nc1cnn(CCN(C)C)c1. The molecule has 17 heavy (non-hydrogen) atoms. The second-order valence-electron chi connectivity index (χ2n) is 5.10. The summed E-state index contributed by atoms with van der Waals surface area (Å²) in [6.45, 7) is 3.88. The summed E-state index contributed by atoms with van der Waals surface area (Å²) in [5.74, 6) is 0.878. The van der Waals surface area contributed by atoms with Gasteiger partial charge in [-0.25, -0.2) is 0 Å². The molecule has 1 heterocycles. The van der Waals surface area contributed by atoms with Gasteiger partial charge in [0, 0.05) is 18.7 Å². The summed E-state index contributed by atoms with van der Waals surface area (Å²) in [7, 11) is 4.06. The van der Waals surface area contributed by atoms with Gasteiger partial charge in [0.15, 0.2) is 0 Å². The summed E-state index contributed by atoms with van der Waals surface area (Å²) in [4.78, 5) is 13.8. The van der Waals surface area contributed by atoms with Gasteiger partial charge in [0.2, 0.25) is 5.91 Å². The highest BCUT2D eigenvalue weighted by Gasteiger charge is 2.39. The van der Waals surface area contributed by atoms with Crippen molar-refractivity contribution in [2.45, 2.75) is 19.9 Å². The molecule has 1 amide bonds. The molecular formula is C12H20N4O. The van der Waals surface area contributed by atoms with Crippen LogP contribution in [-0.4, -0.2) is 41.2 Å². The lowest BCUT2D eigenvalue weighted by Gasteiger charge is -2.08. The third-order valence-electron chi connectivity index (χ3n) is 3.12. The van der Waals surface area contributed by atoms with Gasteiger partial charge < -0.3 is 10.2 Å². The Bertz CT molecular complexity index is 399. The molecule has 1 aliphatic carbocycles. The minimum absolute atomic E-state index is 0.129. The molecule has 2 unspecified atom stereocenters. The second-order valence-corrected chi connectivity index (χ2v) is 5.10. The van der Waals surface area contributed by atoms with Crippen molar-refractivity contribution in [2.24, 2.45) is 11.8 Å². The highest BCUT2D eigenvalue weighted by Crippen LogP contribution is 2.38. The van der Waals surface area contributed by atoms with Gasteiger partial charge >= 0.3 is 0 Å². The van der Waals surface area contributed by atoms with Crippen molar-refractivity contribution in [3.63, 3.8) is 0 Å². The molecule has 1 aromatic heterocycles. The zero-order valence-corrected chi connectivity index (χ0v) is 10.7. The molecule has 0 bridgehead atoms. The Morgan fingerprint density at radius 1 is 1.65 bits per heavy atom. The number of carbonyl (C=O) groups excluding carboxylic acids is 1. The minimum atomic E-state index is 0.129. The van der Waals surface area contributed by atoms with Crippen LogP contribution in [0.2, 0.25) is 0 Å². The maximum absolute atomic E-state index is 11.7. The molecule has 0 spiro atoms. The van der Waals surface area contributed by atoms with Crippen LogP contribution < -0.4 is 5.32 Å². The first-order chi connectivity index (χ1) is 8.06. The van der Waals surface area contributed by atoms with E-state index in [-0.39, 0.29) is 11.8 Å². The van der Waals surface area contributed by atoms with Gasteiger partial charge in [-0.3, -0.25) is 9.48 Å². The number of anilines is 1. The standard InChI is InChI=1S/C12H20N4O/c1-9-6-11(9)12(17)14-10-7-13-16(8-10)5-4-15(2)3/h7-9,11H,4-6H2,1-3H3,(H,14,17). The second kappa shape index (κ2) is 4.87. The molecule has 1 saturated carbocycles. The molecule has 0 radical (unpaired) electrons. The lowest BCUT2D eigenvalue weighted by molar-refractivity contribution is -0.117. The Kier molecular flexibility index (Phi) is 3.47. The smallest absolute Gasteiger partial charge is 0.227 e. The number of likely N-dealkylation sites (N-methyl/N-ethyl adjacent to an activating group) is 1. The number of rotatable bonds is 5. The fourth-order valence-corrected chi connectivity index (χ4v) is 1.78. The van der Waals surface area contributed by atoms with E-state index in [9.17, 15) is 4.79 Å². The monoisotopic (exact) mass is 236 g/mol. The predicted molar refractivity (Wildman–Crippen MR) is 66.7 cm³/mol. The third kappa shape index (κ3) is 3.30. The van der Waals surface area contributed by atoms with Crippen molar-refractivity contribution in [1.82, 2.24) is 14.7 Å². The molecular weight excluding hydrogens is 216 g/mol. The average Bonchev–Trinajstić information content (AvgIpc) is 2.83. The first kappa shape index (κ1) is 12.1. The zero-order chi connectivity index (χ0) is 12.4. The van der Waals surface area contributed by atoms with E-state index < -0.39 is 0 Å². The fraction of sp³-hybridized carbons (Fsp3) is 0.667. The highest BCUT2D eigenvalue weighted by molar-refractivity contribution is 5.94. The molecule has 0 aliphatic heterocycles. The van der Waals surface area contributed by atoms with Crippen molar-refractivity contribution in [2.75, 3.05) is 26.0 Å². The Hall–Kier alpha value is -1.36. The largest absolute Gasteiger partial charge is 0.323 e. The highest BCUT2D eigenvalue weighted by atomic mass is 16.2. The van der Waals surface area contributed by atoms with Crippen LogP contribution in [0, 0.1) is 11.8 Å². The predicted octanol–water partition coefficient (Wildman–Crippen LogP) is 1.04. The van der Waals surface area contributed by atoms with E-state index in [1.807, 2.05) is 25.0 Å². The van der Waals surface area contributed by atoms with Crippen LogP contribution >= 0.6 is 0 Å². The molecule has 2 atom stereocenters. The van der Waals surface area contributed by atoms with Crippen molar-refractivity contribution in [3.05, 3.63) is 12.4 Å². The Morgan fingerprint density at radius 3 is 2.94 bits per heavy atom. The first-order valence-electron chi connectivity index (χ1n) is 6.04. The van der Waals surface area contributed by atoms with Crippen molar-refractivity contribution in [1.29, 1.82) is 0 Å². The lowest BCUT2D eigenvalue weighted by Crippen LogP contribution is -2.18. The average molecular weight is 236 g/mol. The van der Waals surface area contributed by atoms with Gasteiger partial charge in [0.1, 0.15) is 0 Å². The molecule has 94 valence electrons. The number of carbonyl (C=O) groups is 1. The Labute approximate surface area is 102 Å². The Balaban J connectivity index is 1.83. The molecule has 2 rings (SSSR count). The quantitative estimate of drug-likeness (QED) is 0.831. The van der Waals surface area contributed by atoms with E-state index in [1.165, 1.54) is 0 Å². The maximum Gasteiger partial charge on any atom is 0.227 e. The summed E-state index contributed by atoms with van der Waals surface area (Å²) < 4.78 is 1.85. The molecule has 1 N–H and O–H groups in total. The third-order valence-corrected chi connectivity index (χ3v) is 3.12. The summed E-state index contributed by atoms with van der Waals surface area (Å²) in [5, 5.41) is 7.12. The number of hydrogen-bond donors (Lipinski definition) is 1. The molecule has 1 aromatic rings. The molecule has 5 heteroatoms.